The fourth-order valence-corrected chi connectivity index (χ4v) is 1.39. The number of aliphatic hydroxyl groups excluding tert-OH is 1. The number of halogens is 1. The van der Waals surface area contributed by atoms with Gasteiger partial charge < -0.3 is 14.9 Å². The van der Waals surface area contributed by atoms with Gasteiger partial charge in [-0.05, 0) is 24.6 Å². The van der Waals surface area contributed by atoms with Crippen LogP contribution in [0.1, 0.15) is 12.5 Å². The molecule has 0 aromatic heterocycles. The van der Waals surface area contributed by atoms with Crippen LogP contribution in [0.5, 0.6) is 11.5 Å². The first-order chi connectivity index (χ1) is 7.08. The Morgan fingerprint density at radius 1 is 1.53 bits per heavy atom. The van der Waals surface area contributed by atoms with Gasteiger partial charge in [0, 0.05) is 16.7 Å². The quantitative estimate of drug-likeness (QED) is 0.836. The molecule has 3 nitrogen and oxygen atoms in total. The third-order valence-electron chi connectivity index (χ3n) is 1.94. The Kier molecular flexibility index (Phi) is 4.00. The highest BCUT2D eigenvalue weighted by molar-refractivity contribution is 6.31. The Morgan fingerprint density at radius 2 is 2.20 bits per heavy atom. The molecule has 1 aromatic carbocycles. The average molecular weight is 229 g/mol. The lowest BCUT2D eigenvalue weighted by Crippen LogP contribution is -1.88. The van der Waals surface area contributed by atoms with Crippen LogP contribution in [-0.2, 0) is 0 Å². The number of hydrogen-bond acceptors (Lipinski definition) is 3. The first kappa shape index (κ1) is 11.9. The van der Waals surface area contributed by atoms with Gasteiger partial charge in [0.1, 0.15) is 0 Å². The Hall–Kier alpha value is -1.19. The fourth-order valence-electron chi connectivity index (χ4n) is 1.17. The zero-order chi connectivity index (χ0) is 11.4. The molecule has 2 N–H and O–H groups in total. The molecule has 0 atom stereocenters. The molecule has 0 heterocycles. The summed E-state index contributed by atoms with van der Waals surface area (Å²) in [5.74, 6) is 0.342. The summed E-state index contributed by atoms with van der Waals surface area (Å²) in [5, 5.41) is 19.1. The third kappa shape index (κ3) is 2.88. The van der Waals surface area contributed by atoms with Crippen molar-refractivity contribution < 1.29 is 14.9 Å². The zero-order valence-electron chi connectivity index (χ0n) is 8.62. The summed E-state index contributed by atoms with van der Waals surface area (Å²) >= 11 is 5.84. The van der Waals surface area contributed by atoms with E-state index >= 15 is 0 Å². The summed E-state index contributed by atoms with van der Waals surface area (Å²) in [6, 6.07) is 3.14. The van der Waals surface area contributed by atoms with Crippen molar-refractivity contribution >= 4 is 17.7 Å². The second-order valence-electron chi connectivity index (χ2n) is 3.19. The smallest absolute Gasteiger partial charge is 0.165 e. The fraction of sp³-hybridized carbons (Fsp3) is 0.273. The Morgan fingerprint density at radius 3 is 2.73 bits per heavy atom. The van der Waals surface area contributed by atoms with Crippen molar-refractivity contribution in [2.75, 3.05) is 13.7 Å². The maximum Gasteiger partial charge on any atom is 0.165 e. The van der Waals surface area contributed by atoms with Gasteiger partial charge in [-0.3, -0.25) is 0 Å². The number of methoxy groups -OCH3 is 1. The van der Waals surface area contributed by atoms with Gasteiger partial charge in [0.05, 0.1) is 13.7 Å². The van der Waals surface area contributed by atoms with Crippen LogP contribution in [0.15, 0.2) is 17.7 Å². The minimum absolute atomic E-state index is 0.0229. The standard InChI is InChI=1S/C11H13ClO3/c1-7(6-13)3-8-4-9(12)5-10(15-2)11(8)14/h3-5,13-14H,6H2,1-2H3/b7-3+. The SMILES string of the molecule is COc1cc(Cl)cc(/C=C(\C)CO)c1O. The molecule has 0 fully saturated rings. The molecule has 0 aliphatic rings. The molecule has 0 radical (unpaired) electrons. The van der Waals surface area contributed by atoms with Crippen LogP contribution in [0, 0.1) is 0 Å². The number of benzene rings is 1. The van der Waals surface area contributed by atoms with E-state index in [9.17, 15) is 5.11 Å². The summed E-state index contributed by atoms with van der Waals surface area (Å²) in [6.07, 6.45) is 1.66. The normalized spacial score (nSPS) is 11.6. The highest BCUT2D eigenvalue weighted by Gasteiger charge is 2.08. The second kappa shape index (κ2) is 5.05. The number of phenols is 1. The van der Waals surface area contributed by atoms with Gasteiger partial charge in [-0.1, -0.05) is 11.6 Å². The van der Waals surface area contributed by atoms with E-state index in [2.05, 4.69) is 0 Å². The van der Waals surface area contributed by atoms with E-state index in [0.717, 1.165) is 5.57 Å². The number of hydrogen-bond donors (Lipinski definition) is 2. The Balaban J connectivity index is 3.23. The molecule has 0 saturated heterocycles. The number of aromatic hydroxyl groups is 1. The van der Waals surface area contributed by atoms with Gasteiger partial charge in [0.2, 0.25) is 0 Å². The average Bonchev–Trinajstić information content (AvgIpc) is 2.22. The van der Waals surface area contributed by atoms with Crippen molar-refractivity contribution in [2.24, 2.45) is 0 Å². The molecule has 0 saturated carbocycles. The predicted molar refractivity (Wildman–Crippen MR) is 60.4 cm³/mol. The second-order valence-corrected chi connectivity index (χ2v) is 3.63. The molecule has 0 bridgehead atoms. The molecule has 82 valence electrons. The molecule has 1 rings (SSSR count). The van der Waals surface area contributed by atoms with Crippen molar-refractivity contribution in [3.8, 4) is 11.5 Å². The monoisotopic (exact) mass is 228 g/mol. The van der Waals surface area contributed by atoms with Crippen molar-refractivity contribution in [3.63, 3.8) is 0 Å². The van der Waals surface area contributed by atoms with E-state index in [1.807, 2.05) is 0 Å². The Labute approximate surface area is 93.6 Å². The van der Waals surface area contributed by atoms with Gasteiger partial charge in [-0.15, -0.1) is 0 Å². The molecule has 1 aromatic rings. The number of ether oxygens (including phenoxy) is 1. The van der Waals surface area contributed by atoms with Crippen LogP contribution in [-0.4, -0.2) is 23.9 Å². The van der Waals surface area contributed by atoms with Crippen LogP contribution in [0.25, 0.3) is 6.08 Å². The van der Waals surface area contributed by atoms with E-state index in [1.165, 1.54) is 13.2 Å². The lowest BCUT2D eigenvalue weighted by Gasteiger charge is -2.07. The highest BCUT2D eigenvalue weighted by atomic mass is 35.5. The zero-order valence-corrected chi connectivity index (χ0v) is 9.38. The molecular weight excluding hydrogens is 216 g/mol. The predicted octanol–water partition coefficient (Wildman–Crippen LogP) is 2.45. The van der Waals surface area contributed by atoms with Gasteiger partial charge in [0.15, 0.2) is 11.5 Å². The maximum atomic E-state index is 9.75. The summed E-state index contributed by atoms with van der Waals surface area (Å²) in [6.45, 7) is 1.70. The summed E-state index contributed by atoms with van der Waals surface area (Å²) in [5.41, 5.74) is 1.26. The number of phenolic OH excluding ortho intramolecular Hbond substituents is 1. The van der Waals surface area contributed by atoms with Crippen molar-refractivity contribution in [3.05, 3.63) is 28.3 Å². The van der Waals surface area contributed by atoms with Gasteiger partial charge in [-0.2, -0.15) is 0 Å². The first-order valence-corrected chi connectivity index (χ1v) is 4.80. The van der Waals surface area contributed by atoms with Crippen LogP contribution in [0.4, 0.5) is 0 Å². The molecule has 0 amide bonds. The molecule has 0 unspecified atom stereocenters. The lowest BCUT2D eigenvalue weighted by molar-refractivity contribution is 0.332. The molecule has 15 heavy (non-hydrogen) atoms. The molecule has 0 aliphatic heterocycles. The lowest BCUT2D eigenvalue weighted by atomic mass is 10.1. The Bertz CT molecular complexity index is 386. The molecule has 0 aliphatic carbocycles. The molecule has 0 spiro atoms. The number of aliphatic hydroxyl groups is 1. The number of rotatable bonds is 3. The van der Waals surface area contributed by atoms with E-state index in [4.69, 9.17) is 21.4 Å². The van der Waals surface area contributed by atoms with Gasteiger partial charge in [-0.25, -0.2) is 0 Å². The van der Waals surface area contributed by atoms with E-state index in [1.54, 1.807) is 19.1 Å². The van der Waals surface area contributed by atoms with Crippen molar-refractivity contribution in [1.29, 1.82) is 0 Å². The summed E-state index contributed by atoms with van der Waals surface area (Å²) < 4.78 is 4.96. The topological polar surface area (TPSA) is 49.7 Å². The third-order valence-corrected chi connectivity index (χ3v) is 2.16. The van der Waals surface area contributed by atoms with Crippen molar-refractivity contribution in [2.45, 2.75) is 6.92 Å². The summed E-state index contributed by atoms with van der Waals surface area (Å²) in [7, 11) is 1.46. The van der Waals surface area contributed by atoms with E-state index in [0.29, 0.717) is 16.3 Å². The van der Waals surface area contributed by atoms with Crippen LogP contribution < -0.4 is 4.74 Å². The van der Waals surface area contributed by atoms with Gasteiger partial charge in [0.25, 0.3) is 0 Å². The van der Waals surface area contributed by atoms with Gasteiger partial charge >= 0.3 is 0 Å². The van der Waals surface area contributed by atoms with E-state index < -0.39 is 0 Å². The largest absolute Gasteiger partial charge is 0.504 e. The highest BCUT2D eigenvalue weighted by Crippen LogP contribution is 2.34. The molecular formula is C11H13ClO3. The van der Waals surface area contributed by atoms with E-state index in [-0.39, 0.29) is 12.4 Å². The summed E-state index contributed by atoms with van der Waals surface area (Å²) in [4.78, 5) is 0. The van der Waals surface area contributed by atoms with Crippen LogP contribution >= 0.6 is 11.6 Å². The minimum Gasteiger partial charge on any atom is -0.504 e. The van der Waals surface area contributed by atoms with Crippen molar-refractivity contribution in [1.82, 2.24) is 0 Å². The van der Waals surface area contributed by atoms with Crippen LogP contribution in [0.3, 0.4) is 0 Å². The first-order valence-electron chi connectivity index (χ1n) is 4.43. The minimum atomic E-state index is -0.0612. The van der Waals surface area contributed by atoms with Crippen LogP contribution in [0.2, 0.25) is 5.02 Å². The molecule has 4 heteroatoms. The maximum absolute atomic E-state index is 9.75.